The van der Waals surface area contributed by atoms with Gasteiger partial charge < -0.3 is 5.11 Å². The van der Waals surface area contributed by atoms with E-state index in [0.29, 0.717) is 13.1 Å². The molecule has 15 heavy (non-hydrogen) atoms. The van der Waals surface area contributed by atoms with Crippen molar-refractivity contribution in [3.8, 4) is 0 Å². The summed E-state index contributed by atoms with van der Waals surface area (Å²) in [6.07, 6.45) is -4.89. The Balaban J connectivity index is 2.73. The summed E-state index contributed by atoms with van der Waals surface area (Å²) in [7, 11) is 0. The second kappa shape index (κ2) is 4.70. The lowest BCUT2D eigenvalue weighted by Crippen LogP contribution is -2.51. The summed E-state index contributed by atoms with van der Waals surface area (Å²) in [4.78, 5) is 1.75. The molecule has 0 radical (unpaired) electrons. The molecular formula is C10H18F3NO. The van der Waals surface area contributed by atoms with Crippen molar-refractivity contribution < 1.29 is 18.3 Å². The van der Waals surface area contributed by atoms with Gasteiger partial charge in [-0.05, 0) is 31.8 Å². The SMILES string of the molecule is CC(C)C(C(O)C(F)(F)F)N1CCCC1. The Morgan fingerprint density at radius 2 is 1.60 bits per heavy atom. The number of hydrogen-bond acceptors (Lipinski definition) is 2. The van der Waals surface area contributed by atoms with E-state index in [1.807, 2.05) is 0 Å². The van der Waals surface area contributed by atoms with Crippen molar-refractivity contribution in [2.45, 2.75) is 45.0 Å². The number of aliphatic hydroxyl groups is 1. The first kappa shape index (κ1) is 12.8. The second-order valence-electron chi connectivity index (χ2n) is 4.46. The minimum atomic E-state index is -4.52. The molecule has 0 aromatic rings. The van der Waals surface area contributed by atoms with Crippen LogP contribution in [0, 0.1) is 5.92 Å². The topological polar surface area (TPSA) is 23.5 Å². The molecule has 0 bridgehead atoms. The normalized spacial score (nSPS) is 23.4. The molecule has 1 rings (SSSR count). The monoisotopic (exact) mass is 225 g/mol. The summed E-state index contributed by atoms with van der Waals surface area (Å²) in [5.41, 5.74) is 0. The molecule has 2 nitrogen and oxygen atoms in total. The largest absolute Gasteiger partial charge is 0.415 e. The molecule has 5 heteroatoms. The lowest BCUT2D eigenvalue weighted by molar-refractivity contribution is -0.225. The van der Waals surface area contributed by atoms with E-state index in [1.165, 1.54) is 0 Å². The Bertz CT molecular complexity index is 199. The van der Waals surface area contributed by atoms with Gasteiger partial charge in [-0.3, -0.25) is 4.90 Å². The lowest BCUT2D eigenvalue weighted by Gasteiger charge is -2.35. The summed E-state index contributed by atoms with van der Waals surface area (Å²) in [5, 5.41) is 9.31. The highest BCUT2D eigenvalue weighted by atomic mass is 19.4. The predicted molar refractivity (Wildman–Crippen MR) is 51.5 cm³/mol. The zero-order chi connectivity index (χ0) is 11.6. The predicted octanol–water partition coefficient (Wildman–Crippen LogP) is 2.03. The van der Waals surface area contributed by atoms with E-state index in [9.17, 15) is 18.3 Å². The quantitative estimate of drug-likeness (QED) is 0.794. The fraction of sp³-hybridized carbons (Fsp3) is 1.00. The molecule has 90 valence electrons. The van der Waals surface area contributed by atoms with Gasteiger partial charge in [0.05, 0.1) is 0 Å². The van der Waals surface area contributed by atoms with Gasteiger partial charge in [0.25, 0.3) is 0 Å². The summed E-state index contributed by atoms with van der Waals surface area (Å²) >= 11 is 0. The highest BCUT2D eigenvalue weighted by Gasteiger charge is 2.46. The summed E-state index contributed by atoms with van der Waals surface area (Å²) in [6, 6.07) is -0.799. The van der Waals surface area contributed by atoms with Gasteiger partial charge in [-0.25, -0.2) is 0 Å². The molecule has 0 aromatic heterocycles. The first-order valence-corrected chi connectivity index (χ1v) is 5.33. The Kier molecular flexibility index (Phi) is 4.00. The van der Waals surface area contributed by atoms with Gasteiger partial charge in [-0.1, -0.05) is 13.8 Å². The van der Waals surface area contributed by atoms with Crippen molar-refractivity contribution in [3.63, 3.8) is 0 Å². The molecule has 0 saturated carbocycles. The fourth-order valence-corrected chi connectivity index (χ4v) is 2.22. The minimum absolute atomic E-state index is 0.195. The number of rotatable bonds is 3. The molecule has 0 aliphatic carbocycles. The Labute approximate surface area is 88.1 Å². The molecule has 0 spiro atoms. The lowest BCUT2D eigenvalue weighted by atomic mass is 9.96. The van der Waals surface area contributed by atoms with E-state index in [0.717, 1.165) is 12.8 Å². The second-order valence-corrected chi connectivity index (χ2v) is 4.46. The number of aliphatic hydroxyl groups excluding tert-OH is 1. The molecule has 2 unspecified atom stereocenters. The first-order valence-electron chi connectivity index (χ1n) is 5.33. The number of nitrogens with zero attached hydrogens (tertiary/aromatic N) is 1. The first-order chi connectivity index (χ1) is 6.84. The molecule has 1 fully saturated rings. The highest BCUT2D eigenvalue weighted by Crippen LogP contribution is 2.30. The van der Waals surface area contributed by atoms with Gasteiger partial charge in [0, 0.05) is 6.04 Å². The van der Waals surface area contributed by atoms with E-state index in [4.69, 9.17) is 0 Å². The highest BCUT2D eigenvalue weighted by molar-refractivity contribution is 4.88. The third-order valence-corrected chi connectivity index (χ3v) is 2.90. The van der Waals surface area contributed by atoms with Crippen LogP contribution in [0.4, 0.5) is 13.2 Å². The Morgan fingerprint density at radius 1 is 1.13 bits per heavy atom. The van der Waals surface area contributed by atoms with Crippen molar-refractivity contribution in [1.82, 2.24) is 4.90 Å². The van der Waals surface area contributed by atoms with E-state index in [-0.39, 0.29) is 5.92 Å². The summed E-state index contributed by atoms with van der Waals surface area (Å²) < 4.78 is 37.3. The Morgan fingerprint density at radius 3 is 1.93 bits per heavy atom. The molecule has 2 atom stereocenters. The standard InChI is InChI=1S/C10H18F3NO/c1-7(2)8(9(15)10(11,12)13)14-5-3-4-6-14/h7-9,15H,3-6H2,1-2H3. The number of halogens is 3. The van der Waals surface area contributed by atoms with Crippen molar-refractivity contribution in [3.05, 3.63) is 0 Å². The van der Waals surface area contributed by atoms with E-state index >= 15 is 0 Å². The zero-order valence-corrected chi connectivity index (χ0v) is 9.09. The summed E-state index contributed by atoms with van der Waals surface area (Å²) in [5.74, 6) is -0.195. The van der Waals surface area contributed by atoms with Gasteiger partial charge >= 0.3 is 6.18 Å². The van der Waals surface area contributed by atoms with Gasteiger partial charge in [0.1, 0.15) is 0 Å². The average molecular weight is 225 g/mol. The van der Waals surface area contributed by atoms with Crippen LogP contribution in [-0.4, -0.2) is 41.4 Å². The van der Waals surface area contributed by atoms with Crippen LogP contribution in [0.2, 0.25) is 0 Å². The van der Waals surface area contributed by atoms with Crippen LogP contribution in [-0.2, 0) is 0 Å². The maximum Gasteiger partial charge on any atom is 0.415 e. The number of likely N-dealkylation sites (tertiary alicyclic amines) is 1. The number of hydrogen-bond donors (Lipinski definition) is 1. The zero-order valence-electron chi connectivity index (χ0n) is 9.09. The average Bonchev–Trinajstić information content (AvgIpc) is 2.54. The van der Waals surface area contributed by atoms with Gasteiger partial charge in [0.15, 0.2) is 6.10 Å². The fourth-order valence-electron chi connectivity index (χ4n) is 2.22. The van der Waals surface area contributed by atoms with E-state index < -0.39 is 18.3 Å². The van der Waals surface area contributed by atoms with Gasteiger partial charge in [-0.15, -0.1) is 0 Å². The van der Waals surface area contributed by atoms with E-state index in [2.05, 4.69) is 0 Å². The molecule has 1 N–H and O–H groups in total. The molecule has 0 aromatic carbocycles. The smallest absolute Gasteiger partial charge is 0.382 e. The number of alkyl halides is 3. The van der Waals surface area contributed by atoms with Crippen LogP contribution < -0.4 is 0 Å². The van der Waals surface area contributed by atoms with Gasteiger partial charge in [-0.2, -0.15) is 13.2 Å². The maximum absolute atomic E-state index is 12.4. The van der Waals surface area contributed by atoms with Crippen molar-refractivity contribution >= 4 is 0 Å². The third kappa shape index (κ3) is 3.08. The van der Waals surface area contributed by atoms with Crippen LogP contribution in [0.5, 0.6) is 0 Å². The van der Waals surface area contributed by atoms with Crippen LogP contribution in [0.3, 0.4) is 0 Å². The van der Waals surface area contributed by atoms with Crippen LogP contribution in [0.25, 0.3) is 0 Å². The molecule has 1 aliphatic heterocycles. The molecule has 1 saturated heterocycles. The van der Waals surface area contributed by atoms with Crippen molar-refractivity contribution in [1.29, 1.82) is 0 Å². The minimum Gasteiger partial charge on any atom is -0.382 e. The van der Waals surface area contributed by atoms with Crippen LogP contribution in [0.1, 0.15) is 26.7 Å². The summed E-state index contributed by atoms with van der Waals surface area (Å²) in [6.45, 7) is 4.77. The van der Waals surface area contributed by atoms with Crippen LogP contribution in [0.15, 0.2) is 0 Å². The van der Waals surface area contributed by atoms with E-state index in [1.54, 1.807) is 18.7 Å². The third-order valence-electron chi connectivity index (χ3n) is 2.90. The van der Waals surface area contributed by atoms with Crippen LogP contribution >= 0.6 is 0 Å². The molecule has 1 aliphatic rings. The van der Waals surface area contributed by atoms with Crippen molar-refractivity contribution in [2.24, 2.45) is 5.92 Å². The van der Waals surface area contributed by atoms with Crippen molar-refractivity contribution in [2.75, 3.05) is 13.1 Å². The molecular weight excluding hydrogens is 207 g/mol. The molecule has 1 heterocycles. The Hall–Kier alpha value is -0.290. The van der Waals surface area contributed by atoms with Gasteiger partial charge in [0.2, 0.25) is 0 Å². The maximum atomic E-state index is 12.4. The molecule has 0 amide bonds.